The van der Waals surface area contributed by atoms with Crippen LogP contribution in [0.25, 0.3) is 0 Å². The van der Waals surface area contributed by atoms with E-state index in [0.717, 1.165) is 0 Å². The van der Waals surface area contributed by atoms with Gasteiger partial charge in [-0.3, -0.25) is 0 Å². The SMILES string of the molecule is CCOC1CC(O)(CNc2nccnc2C#N)C1(C)C. The molecule has 1 aliphatic rings. The van der Waals surface area contributed by atoms with Crippen LogP contribution in [0.3, 0.4) is 0 Å². The Hall–Kier alpha value is -1.71. The molecule has 0 aromatic carbocycles. The smallest absolute Gasteiger partial charge is 0.182 e. The van der Waals surface area contributed by atoms with E-state index in [1.54, 1.807) is 0 Å². The Labute approximate surface area is 118 Å². The zero-order chi connectivity index (χ0) is 14.8. The van der Waals surface area contributed by atoms with E-state index in [-0.39, 0.29) is 17.2 Å². The van der Waals surface area contributed by atoms with E-state index in [2.05, 4.69) is 15.3 Å². The molecule has 0 saturated heterocycles. The molecule has 0 amide bonds. The van der Waals surface area contributed by atoms with Gasteiger partial charge in [-0.15, -0.1) is 0 Å². The molecule has 1 heterocycles. The minimum atomic E-state index is -0.878. The van der Waals surface area contributed by atoms with Crippen molar-refractivity contribution < 1.29 is 9.84 Å². The zero-order valence-corrected chi connectivity index (χ0v) is 12.1. The lowest BCUT2D eigenvalue weighted by Gasteiger charge is -2.58. The van der Waals surface area contributed by atoms with Gasteiger partial charge in [0.2, 0.25) is 0 Å². The highest BCUT2D eigenvalue weighted by Gasteiger charge is 2.59. The summed E-state index contributed by atoms with van der Waals surface area (Å²) in [5.41, 5.74) is -0.989. The third kappa shape index (κ3) is 2.35. The largest absolute Gasteiger partial charge is 0.387 e. The second-order valence-electron chi connectivity index (χ2n) is 5.62. The maximum absolute atomic E-state index is 10.7. The predicted octanol–water partition coefficient (Wildman–Crippen LogP) is 1.33. The van der Waals surface area contributed by atoms with Gasteiger partial charge in [0.15, 0.2) is 11.5 Å². The average Bonchev–Trinajstić information content (AvgIpc) is 2.45. The second kappa shape index (κ2) is 5.35. The van der Waals surface area contributed by atoms with E-state index in [1.807, 2.05) is 26.8 Å². The van der Waals surface area contributed by atoms with Crippen molar-refractivity contribution >= 4 is 5.82 Å². The first kappa shape index (κ1) is 14.7. The molecule has 6 heteroatoms. The fourth-order valence-electron chi connectivity index (χ4n) is 2.54. The second-order valence-corrected chi connectivity index (χ2v) is 5.62. The molecule has 20 heavy (non-hydrogen) atoms. The molecule has 0 aliphatic heterocycles. The molecule has 2 unspecified atom stereocenters. The Morgan fingerprint density at radius 3 is 2.80 bits per heavy atom. The Bertz CT molecular complexity index is 526. The van der Waals surface area contributed by atoms with E-state index in [9.17, 15) is 5.11 Å². The van der Waals surface area contributed by atoms with Gasteiger partial charge in [-0.25, -0.2) is 9.97 Å². The van der Waals surface area contributed by atoms with E-state index < -0.39 is 5.60 Å². The molecule has 2 rings (SSSR count). The van der Waals surface area contributed by atoms with Gasteiger partial charge in [0.1, 0.15) is 6.07 Å². The van der Waals surface area contributed by atoms with E-state index in [4.69, 9.17) is 10.00 Å². The van der Waals surface area contributed by atoms with Crippen LogP contribution >= 0.6 is 0 Å². The highest BCUT2D eigenvalue weighted by atomic mass is 16.5. The van der Waals surface area contributed by atoms with Crippen LogP contribution in [0.5, 0.6) is 0 Å². The van der Waals surface area contributed by atoms with Gasteiger partial charge in [-0.05, 0) is 6.92 Å². The molecule has 1 aromatic rings. The number of aromatic nitrogens is 2. The van der Waals surface area contributed by atoms with E-state index in [1.165, 1.54) is 12.4 Å². The molecule has 1 aliphatic carbocycles. The van der Waals surface area contributed by atoms with Crippen molar-refractivity contribution in [1.29, 1.82) is 5.26 Å². The topological polar surface area (TPSA) is 91.1 Å². The van der Waals surface area contributed by atoms with E-state index >= 15 is 0 Å². The molecular weight excluding hydrogens is 256 g/mol. The molecule has 0 radical (unpaired) electrons. The van der Waals surface area contributed by atoms with Gasteiger partial charge in [-0.2, -0.15) is 5.26 Å². The van der Waals surface area contributed by atoms with Gasteiger partial charge in [-0.1, -0.05) is 13.8 Å². The quantitative estimate of drug-likeness (QED) is 0.843. The molecule has 1 aromatic heterocycles. The molecular formula is C14H20N4O2. The van der Waals surface area contributed by atoms with Crippen LogP contribution in [-0.2, 0) is 4.74 Å². The lowest BCUT2D eigenvalue weighted by Crippen LogP contribution is -2.67. The van der Waals surface area contributed by atoms with Gasteiger partial charge in [0.05, 0.1) is 11.7 Å². The Morgan fingerprint density at radius 1 is 1.50 bits per heavy atom. The number of aliphatic hydroxyl groups is 1. The molecule has 1 fully saturated rings. The van der Waals surface area contributed by atoms with Crippen LogP contribution in [0.4, 0.5) is 5.82 Å². The van der Waals surface area contributed by atoms with Gasteiger partial charge in [0, 0.05) is 37.4 Å². The first-order chi connectivity index (χ1) is 9.44. The van der Waals surface area contributed by atoms with Crippen LogP contribution in [0.1, 0.15) is 32.9 Å². The Morgan fingerprint density at radius 2 is 2.20 bits per heavy atom. The summed E-state index contributed by atoms with van der Waals surface area (Å²) in [5.74, 6) is 0.402. The van der Waals surface area contributed by atoms with Crippen molar-refractivity contribution in [2.24, 2.45) is 5.41 Å². The zero-order valence-electron chi connectivity index (χ0n) is 12.1. The number of anilines is 1. The van der Waals surface area contributed by atoms with Gasteiger partial charge in [0.25, 0.3) is 0 Å². The minimum absolute atomic E-state index is 0.0524. The number of ether oxygens (including phenoxy) is 1. The molecule has 2 N–H and O–H groups in total. The van der Waals surface area contributed by atoms with Crippen molar-refractivity contribution in [2.75, 3.05) is 18.5 Å². The first-order valence-electron chi connectivity index (χ1n) is 6.73. The summed E-state index contributed by atoms with van der Waals surface area (Å²) >= 11 is 0. The van der Waals surface area contributed by atoms with Crippen LogP contribution in [0, 0.1) is 16.7 Å². The third-order valence-corrected chi connectivity index (χ3v) is 4.25. The summed E-state index contributed by atoms with van der Waals surface area (Å²) in [7, 11) is 0. The number of rotatable bonds is 5. The monoisotopic (exact) mass is 276 g/mol. The fraction of sp³-hybridized carbons (Fsp3) is 0.643. The van der Waals surface area contributed by atoms with Crippen LogP contribution in [-0.4, -0.2) is 39.9 Å². The predicted molar refractivity (Wildman–Crippen MR) is 74.0 cm³/mol. The summed E-state index contributed by atoms with van der Waals surface area (Å²) in [6.07, 6.45) is 3.61. The summed E-state index contributed by atoms with van der Waals surface area (Å²) in [5, 5.41) is 22.7. The van der Waals surface area contributed by atoms with Gasteiger partial charge < -0.3 is 15.2 Å². The summed E-state index contributed by atoms with van der Waals surface area (Å²) < 4.78 is 5.62. The molecule has 1 saturated carbocycles. The summed E-state index contributed by atoms with van der Waals surface area (Å²) in [6.45, 7) is 6.88. The molecule has 0 spiro atoms. The van der Waals surface area contributed by atoms with Crippen molar-refractivity contribution in [3.8, 4) is 6.07 Å². The fourth-order valence-corrected chi connectivity index (χ4v) is 2.54. The number of nitrogens with zero attached hydrogens (tertiary/aromatic N) is 3. The standard InChI is InChI=1S/C14H20N4O2/c1-4-20-11-7-14(19,13(11,2)3)9-18-12-10(8-15)16-5-6-17-12/h5-6,11,19H,4,7,9H2,1-3H3,(H,17,18). The summed E-state index contributed by atoms with van der Waals surface area (Å²) in [6, 6.07) is 1.98. The molecule has 2 atom stereocenters. The lowest BCUT2D eigenvalue weighted by atomic mass is 9.56. The maximum atomic E-state index is 10.7. The Kier molecular flexibility index (Phi) is 3.93. The van der Waals surface area contributed by atoms with Crippen molar-refractivity contribution in [3.05, 3.63) is 18.1 Å². The van der Waals surface area contributed by atoms with Crippen molar-refractivity contribution in [2.45, 2.75) is 38.9 Å². The van der Waals surface area contributed by atoms with Crippen molar-refractivity contribution in [3.63, 3.8) is 0 Å². The molecule has 6 nitrogen and oxygen atoms in total. The molecule has 108 valence electrons. The van der Waals surface area contributed by atoms with Crippen LogP contribution in [0.2, 0.25) is 0 Å². The minimum Gasteiger partial charge on any atom is -0.387 e. The number of hydrogen-bond acceptors (Lipinski definition) is 6. The van der Waals surface area contributed by atoms with E-state index in [0.29, 0.717) is 25.4 Å². The number of hydrogen-bond donors (Lipinski definition) is 2. The van der Waals surface area contributed by atoms with Crippen LogP contribution < -0.4 is 5.32 Å². The average molecular weight is 276 g/mol. The first-order valence-corrected chi connectivity index (χ1v) is 6.73. The Balaban J connectivity index is 2.03. The molecule has 0 bridgehead atoms. The number of nitriles is 1. The summed E-state index contributed by atoms with van der Waals surface area (Å²) in [4.78, 5) is 8.01. The van der Waals surface area contributed by atoms with Crippen LogP contribution in [0.15, 0.2) is 12.4 Å². The number of nitrogens with one attached hydrogen (secondary N) is 1. The highest BCUT2D eigenvalue weighted by Crippen LogP contribution is 2.51. The highest BCUT2D eigenvalue weighted by molar-refractivity contribution is 5.47. The third-order valence-electron chi connectivity index (χ3n) is 4.25. The maximum Gasteiger partial charge on any atom is 0.182 e. The van der Waals surface area contributed by atoms with Crippen molar-refractivity contribution in [1.82, 2.24) is 9.97 Å². The van der Waals surface area contributed by atoms with Gasteiger partial charge >= 0.3 is 0 Å². The lowest BCUT2D eigenvalue weighted by molar-refractivity contribution is -0.233. The normalized spacial score (nSPS) is 27.4.